The number of hydrogen-bond acceptors (Lipinski definition) is 5. The molecule has 1 aliphatic rings. The van der Waals surface area contributed by atoms with Crippen molar-refractivity contribution in [3.63, 3.8) is 0 Å². The minimum atomic E-state index is -0.278. The number of methoxy groups -OCH3 is 1. The van der Waals surface area contributed by atoms with E-state index in [1.165, 1.54) is 12.0 Å². The Balaban J connectivity index is 2.14. The second-order valence-corrected chi connectivity index (χ2v) is 6.71. The maximum Gasteiger partial charge on any atom is 0.293 e. The average Bonchev–Trinajstić information content (AvgIpc) is 2.78. The Morgan fingerprint density at radius 3 is 2.74 bits per heavy atom. The summed E-state index contributed by atoms with van der Waals surface area (Å²) in [6.45, 7) is 3.30. The first-order valence-corrected chi connectivity index (χ1v) is 8.84. The first kappa shape index (κ1) is 18.0. The molecule has 5 nitrogen and oxygen atoms in total. The van der Waals surface area contributed by atoms with E-state index in [2.05, 4.69) is 15.9 Å². The summed E-state index contributed by atoms with van der Waals surface area (Å²) in [6, 6.07) is 5.58. The zero-order valence-electron chi connectivity index (χ0n) is 13.0. The van der Waals surface area contributed by atoms with Crippen molar-refractivity contribution in [2.75, 3.05) is 26.9 Å². The van der Waals surface area contributed by atoms with Crippen molar-refractivity contribution in [3.05, 3.63) is 33.1 Å². The van der Waals surface area contributed by atoms with Crippen LogP contribution < -0.4 is 4.74 Å². The van der Waals surface area contributed by atoms with Gasteiger partial charge >= 0.3 is 0 Å². The van der Waals surface area contributed by atoms with Crippen molar-refractivity contribution in [1.82, 2.24) is 4.90 Å². The van der Waals surface area contributed by atoms with Crippen molar-refractivity contribution in [3.8, 4) is 5.75 Å². The molecule has 0 aromatic heterocycles. The van der Waals surface area contributed by atoms with Crippen molar-refractivity contribution in [2.45, 2.75) is 13.3 Å². The normalized spacial score (nSPS) is 16.5. The molecule has 1 aliphatic heterocycles. The first-order valence-electron chi connectivity index (χ1n) is 7.23. The van der Waals surface area contributed by atoms with Gasteiger partial charge in [-0.1, -0.05) is 13.0 Å². The van der Waals surface area contributed by atoms with Crippen LogP contribution in [0.15, 0.2) is 27.6 Å². The Labute approximate surface area is 148 Å². The summed E-state index contributed by atoms with van der Waals surface area (Å²) in [6.07, 6.45) is 2.65. The van der Waals surface area contributed by atoms with Gasteiger partial charge in [-0.25, -0.2) is 0 Å². The van der Waals surface area contributed by atoms with Crippen molar-refractivity contribution in [2.24, 2.45) is 0 Å². The lowest BCUT2D eigenvalue weighted by molar-refractivity contribution is -0.123. The predicted octanol–water partition coefficient (Wildman–Crippen LogP) is 3.92. The molecule has 2 amide bonds. The van der Waals surface area contributed by atoms with Crippen LogP contribution in [0.2, 0.25) is 0 Å². The van der Waals surface area contributed by atoms with E-state index in [0.29, 0.717) is 18.1 Å². The molecule has 0 bridgehead atoms. The number of halogens is 1. The summed E-state index contributed by atoms with van der Waals surface area (Å²) in [5.41, 5.74) is 0.831. The molecule has 1 aromatic carbocycles. The lowest BCUT2D eigenvalue weighted by Crippen LogP contribution is -2.31. The maximum absolute atomic E-state index is 12.2. The molecular weight excluding hydrogens is 382 g/mol. The third-order valence-corrected chi connectivity index (χ3v) is 4.64. The van der Waals surface area contributed by atoms with Crippen molar-refractivity contribution in [1.29, 1.82) is 0 Å². The van der Waals surface area contributed by atoms with E-state index in [4.69, 9.17) is 9.47 Å². The van der Waals surface area contributed by atoms with Gasteiger partial charge in [0, 0.05) is 7.11 Å². The van der Waals surface area contributed by atoms with E-state index in [9.17, 15) is 9.59 Å². The van der Waals surface area contributed by atoms with Crippen LogP contribution in [0.1, 0.15) is 18.9 Å². The highest BCUT2D eigenvalue weighted by atomic mass is 79.9. The van der Waals surface area contributed by atoms with E-state index >= 15 is 0 Å². The van der Waals surface area contributed by atoms with E-state index in [1.807, 2.05) is 25.1 Å². The Kier molecular flexibility index (Phi) is 6.68. The Bertz CT molecular complexity index is 633. The molecule has 1 fully saturated rings. The van der Waals surface area contributed by atoms with Crippen LogP contribution >= 0.6 is 27.7 Å². The van der Waals surface area contributed by atoms with Crippen LogP contribution in [0.25, 0.3) is 6.08 Å². The van der Waals surface area contributed by atoms with Gasteiger partial charge in [0.15, 0.2) is 0 Å². The SMILES string of the molecule is CCCOc1ccc(/C=C2\SC(=O)N(CCOC)C2=O)cc1Br. The zero-order chi connectivity index (χ0) is 16.8. The van der Waals surface area contributed by atoms with Crippen LogP contribution in [0.5, 0.6) is 5.75 Å². The van der Waals surface area contributed by atoms with Crippen LogP contribution in [-0.4, -0.2) is 42.9 Å². The highest BCUT2D eigenvalue weighted by Gasteiger charge is 2.34. The molecule has 0 radical (unpaired) electrons. The minimum absolute atomic E-state index is 0.264. The largest absolute Gasteiger partial charge is 0.492 e. The molecule has 0 spiro atoms. The zero-order valence-corrected chi connectivity index (χ0v) is 15.4. The van der Waals surface area contributed by atoms with Crippen LogP contribution in [0.4, 0.5) is 4.79 Å². The number of rotatable bonds is 7. The highest BCUT2D eigenvalue weighted by molar-refractivity contribution is 9.10. The monoisotopic (exact) mass is 399 g/mol. The number of imide groups is 1. The summed E-state index contributed by atoms with van der Waals surface area (Å²) in [7, 11) is 1.54. The predicted molar refractivity (Wildman–Crippen MR) is 94.5 cm³/mol. The molecule has 7 heteroatoms. The molecule has 124 valence electrons. The Morgan fingerprint density at radius 2 is 2.09 bits per heavy atom. The smallest absolute Gasteiger partial charge is 0.293 e. The lowest BCUT2D eigenvalue weighted by atomic mass is 10.2. The van der Waals surface area contributed by atoms with Crippen LogP contribution in [0.3, 0.4) is 0 Å². The second-order valence-electron chi connectivity index (χ2n) is 4.86. The van der Waals surface area contributed by atoms with Gasteiger partial charge in [-0.3, -0.25) is 14.5 Å². The first-order chi connectivity index (χ1) is 11.1. The fourth-order valence-corrected chi connectivity index (χ4v) is 3.34. The summed E-state index contributed by atoms with van der Waals surface area (Å²) in [5, 5.41) is -0.264. The molecule has 1 aromatic rings. The van der Waals surface area contributed by atoms with Crippen molar-refractivity contribution < 1.29 is 19.1 Å². The van der Waals surface area contributed by atoms with Crippen LogP contribution in [0, 0.1) is 0 Å². The van der Waals surface area contributed by atoms with Gasteiger partial charge in [0.1, 0.15) is 5.75 Å². The Morgan fingerprint density at radius 1 is 1.30 bits per heavy atom. The molecule has 0 unspecified atom stereocenters. The quantitative estimate of drug-likeness (QED) is 0.650. The van der Waals surface area contributed by atoms with E-state index < -0.39 is 0 Å². The Hall–Kier alpha value is -1.31. The standard InChI is InChI=1S/C16H18BrNO4S/c1-3-7-22-13-5-4-11(9-12(13)17)10-14-15(19)18(6-8-21-2)16(20)23-14/h4-5,9-10H,3,6-8H2,1-2H3/b14-10-. The number of hydrogen-bond donors (Lipinski definition) is 0. The van der Waals surface area contributed by atoms with E-state index in [1.54, 1.807) is 6.08 Å². The third kappa shape index (κ3) is 4.59. The number of amides is 2. The molecular formula is C16H18BrNO4S. The number of benzene rings is 1. The number of ether oxygens (including phenoxy) is 2. The summed E-state index contributed by atoms with van der Waals surface area (Å²) in [5.74, 6) is 0.483. The van der Waals surface area contributed by atoms with Crippen molar-refractivity contribution >= 4 is 44.9 Å². The van der Waals surface area contributed by atoms with E-state index in [-0.39, 0.29) is 17.7 Å². The van der Waals surface area contributed by atoms with Gasteiger partial charge in [-0.15, -0.1) is 0 Å². The number of thioether (sulfide) groups is 1. The van der Waals surface area contributed by atoms with Gasteiger partial charge in [-0.2, -0.15) is 0 Å². The molecule has 0 atom stereocenters. The maximum atomic E-state index is 12.2. The lowest BCUT2D eigenvalue weighted by Gasteiger charge is -2.10. The average molecular weight is 400 g/mol. The van der Waals surface area contributed by atoms with Gasteiger partial charge in [0.2, 0.25) is 0 Å². The third-order valence-electron chi connectivity index (χ3n) is 3.11. The van der Waals surface area contributed by atoms with E-state index in [0.717, 1.165) is 34.0 Å². The van der Waals surface area contributed by atoms with Gasteiger partial charge in [0.05, 0.1) is 29.1 Å². The minimum Gasteiger partial charge on any atom is -0.492 e. The molecule has 0 saturated carbocycles. The van der Waals surface area contributed by atoms with Gasteiger partial charge < -0.3 is 9.47 Å². The molecule has 1 heterocycles. The fraction of sp³-hybridized carbons (Fsp3) is 0.375. The van der Waals surface area contributed by atoms with Gasteiger partial charge in [-0.05, 0) is 57.9 Å². The number of nitrogens with zero attached hydrogens (tertiary/aromatic N) is 1. The summed E-state index contributed by atoms with van der Waals surface area (Å²) < 4.78 is 11.3. The topological polar surface area (TPSA) is 55.8 Å². The second kappa shape index (κ2) is 8.52. The summed E-state index contributed by atoms with van der Waals surface area (Å²) in [4.78, 5) is 25.7. The fourth-order valence-electron chi connectivity index (χ4n) is 1.96. The van der Waals surface area contributed by atoms with Gasteiger partial charge in [0.25, 0.3) is 11.1 Å². The highest BCUT2D eigenvalue weighted by Crippen LogP contribution is 2.33. The van der Waals surface area contributed by atoms with Crippen LogP contribution in [-0.2, 0) is 9.53 Å². The molecule has 2 rings (SSSR count). The molecule has 1 saturated heterocycles. The summed E-state index contributed by atoms with van der Waals surface area (Å²) >= 11 is 4.41. The number of carbonyl (C=O) groups is 2. The number of carbonyl (C=O) groups excluding carboxylic acids is 2. The molecule has 0 N–H and O–H groups in total. The molecule has 23 heavy (non-hydrogen) atoms. The molecule has 0 aliphatic carbocycles.